The highest BCUT2D eigenvalue weighted by molar-refractivity contribution is 5.82. The largest absolute Gasteiger partial charge is 0.492 e. The van der Waals surface area contributed by atoms with Crippen molar-refractivity contribution in [2.75, 3.05) is 18.9 Å². The average Bonchev–Trinajstić information content (AvgIpc) is 2.92. The highest BCUT2D eigenvalue weighted by Crippen LogP contribution is 2.25. The van der Waals surface area contributed by atoms with E-state index in [1.54, 1.807) is 6.20 Å². The summed E-state index contributed by atoms with van der Waals surface area (Å²) < 4.78 is 13.6. The van der Waals surface area contributed by atoms with Gasteiger partial charge in [0.2, 0.25) is 0 Å². The van der Waals surface area contributed by atoms with Crippen molar-refractivity contribution >= 4 is 17.0 Å². The van der Waals surface area contributed by atoms with Crippen molar-refractivity contribution in [3.63, 3.8) is 0 Å². The molecule has 25 heavy (non-hydrogen) atoms. The second kappa shape index (κ2) is 6.54. The van der Waals surface area contributed by atoms with E-state index in [1.165, 1.54) is 0 Å². The summed E-state index contributed by atoms with van der Waals surface area (Å²) in [5, 5.41) is 0. The molecule has 3 aromatic heterocycles. The van der Waals surface area contributed by atoms with Crippen LogP contribution in [0.4, 0.5) is 5.82 Å². The maximum Gasteiger partial charge on any atom is 0.320 e. The van der Waals surface area contributed by atoms with Gasteiger partial charge in [0.05, 0.1) is 19.8 Å². The Bertz CT molecular complexity index is 908. The van der Waals surface area contributed by atoms with Crippen molar-refractivity contribution in [3.8, 4) is 11.8 Å². The molecule has 0 spiro atoms. The van der Waals surface area contributed by atoms with Crippen molar-refractivity contribution in [3.05, 3.63) is 29.8 Å². The lowest BCUT2D eigenvalue weighted by atomic mass is 10.2. The minimum Gasteiger partial charge on any atom is -0.492 e. The van der Waals surface area contributed by atoms with E-state index in [-0.39, 0.29) is 0 Å². The Kier molecular flexibility index (Phi) is 4.09. The number of aromatic nitrogens is 5. The van der Waals surface area contributed by atoms with Crippen LogP contribution in [0.3, 0.4) is 0 Å². The van der Waals surface area contributed by atoms with Gasteiger partial charge < -0.3 is 19.8 Å². The molecule has 3 aromatic rings. The van der Waals surface area contributed by atoms with E-state index in [1.807, 2.05) is 23.6 Å². The number of ether oxygens (including phenoxy) is 2. The standard InChI is InChI=1S/C17H20N6O2/c1-11-20-14-15(18)21-17-22-16(14)23(11)10-12-13(6-5-7-19-12)24-8-3-2-4-9-25-17/h5-7H,2-4,8-10H2,1H3,(H2,18,21,22). The van der Waals surface area contributed by atoms with Crippen LogP contribution in [0.15, 0.2) is 18.3 Å². The normalized spacial score (nSPS) is 15.2. The van der Waals surface area contributed by atoms with Crippen molar-refractivity contribution < 1.29 is 9.47 Å². The van der Waals surface area contributed by atoms with E-state index in [0.717, 1.165) is 36.5 Å². The summed E-state index contributed by atoms with van der Waals surface area (Å²) in [7, 11) is 0. The molecule has 0 atom stereocenters. The molecule has 8 heteroatoms. The predicted octanol–water partition coefficient (Wildman–Crippen LogP) is 2.10. The third-order valence-electron chi connectivity index (χ3n) is 4.23. The third kappa shape index (κ3) is 3.07. The molecule has 0 aliphatic carbocycles. The van der Waals surface area contributed by atoms with E-state index >= 15 is 0 Å². The molecule has 0 radical (unpaired) electrons. The van der Waals surface area contributed by atoms with Gasteiger partial charge in [-0.1, -0.05) is 0 Å². The van der Waals surface area contributed by atoms with E-state index in [2.05, 4.69) is 19.9 Å². The van der Waals surface area contributed by atoms with Crippen LogP contribution >= 0.6 is 0 Å². The summed E-state index contributed by atoms with van der Waals surface area (Å²) in [4.78, 5) is 17.7. The van der Waals surface area contributed by atoms with Gasteiger partial charge in [0.15, 0.2) is 17.0 Å². The molecule has 0 saturated carbocycles. The molecule has 0 amide bonds. The minimum atomic E-state index is 0.292. The fourth-order valence-electron chi connectivity index (χ4n) is 2.91. The van der Waals surface area contributed by atoms with Crippen LogP contribution in [-0.4, -0.2) is 37.7 Å². The fraction of sp³-hybridized carbons (Fsp3) is 0.412. The van der Waals surface area contributed by atoms with Gasteiger partial charge >= 0.3 is 6.01 Å². The Hall–Kier alpha value is -2.90. The smallest absolute Gasteiger partial charge is 0.320 e. The van der Waals surface area contributed by atoms with Gasteiger partial charge in [-0.3, -0.25) is 4.98 Å². The maximum atomic E-state index is 6.06. The molecule has 0 fully saturated rings. The molecule has 130 valence electrons. The highest BCUT2D eigenvalue weighted by Gasteiger charge is 2.17. The summed E-state index contributed by atoms with van der Waals surface area (Å²) in [6, 6.07) is 4.12. The summed E-state index contributed by atoms with van der Waals surface area (Å²) in [6.07, 6.45) is 4.62. The van der Waals surface area contributed by atoms with Gasteiger partial charge in [-0.05, 0) is 38.3 Å². The van der Waals surface area contributed by atoms with Gasteiger partial charge in [0.25, 0.3) is 0 Å². The maximum absolute atomic E-state index is 6.06. The number of pyridine rings is 1. The molecule has 0 saturated heterocycles. The monoisotopic (exact) mass is 340 g/mol. The van der Waals surface area contributed by atoms with Gasteiger partial charge in [0.1, 0.15) is 17.3 Å². The summed E-state index contributed by atoms with van der Waals surface area (Å²) in [6.45, 7) is 3.62. The first-order chi connectivity index (χ1) is 12.2. The number of anilines is 1. The number of nitrogen functional groups attached to an aromatic ring is 1. The van der Waals surface area contributed by atoms with Crippen LogP contribution in [0.1, 0.15) is 30.8 Å². The number of aryl methyl sites for hydroxylation is 1. The van der Waals surface area contributed by atoms with E-state index in [0.29, 0.717) is 42.8 Å². The number of fused-ring (bicyclic) bond motifs is 2. The van der Waals surface area contributed by atoms with Crippen molar-refractivity contribution in [1.29, 1.82) is 0 Å². The molecule has 0 unspecified atom stereocenters. The molecule has 4 heterocycles. The van der Waals surface area contributed by atoms with Crippen LogP contribution < -0.4 is 15.2 Å². The number of nitrogens with two attached hydrogens (primary N) is 1. The highest BCUT2D eigenvalue weighted by atomic mass is 16.5. The summed E-state index contributed by atoms with van der Waals surface area (Å²) >= 11 is 0. The van der Waals surface area contributed by atoms with Crippen molar-refractivity contribution in [1.82, 2.24) is 24.5 Å². The molecular formula is C17H20N6O2. The van der Waals surface area contributed by atoms with Crippen LogP contribution in [0, 0.1) is 6.92 Å². The van der Waals surface area contributed by atoms with Crippen LogP contribution in [0.2, 0.25) is 0 Å². The first-order valence-electron chi connectivity index (χ1n) is 8.42. The molecular weight excluding hydrogens is 320 g/mol. The number of nitrogens with zero attached hydrogens (tertiary/aromatic N) is 5. The Morgan fingerprint density at radius 3 is 2.80 bits per heavy atom. The van der Waals surface area contributed by atoms with Gasteiger partial charge in [0, 0.05) is 6.20 Å². The van der Waals surface area contributed by atoms with Crippen LogP contribution in [-0.2, 0) is 6.54 Å². The quantitative estimate of drug-likeness (QED) is 0.668. The lowest BCUT2D eigenvalue weighted by Crippen LogP contribution is -2.10. The first kappa shape index (κ1) is 15.6. The Morgan fingerprint density at radius 2 is 1.92 bits per heavy atom. The van der Waals surface area contributed by atoms with Crippen molar-refractivity contribution in [2.45, 2.75) is 32.7 Å². The van der Waals surface area contributed by atoms with Crippen LogP contribution in [0.25, 0.3) is 11.2 Å². The van der Waals surface area contributed by atoms with Gasteiger partial charge in [-0.2, -0.15) is 9.97 Å². The number of hydrogen-bond acceptors (Lipinski definition) is 7. The zero-order valence-corrected chi connectivity index (χ0v) is 14.1. The Labute approximate surface area is 145 Å². The number of rotatable bonds is 0. The topological polar surface area (TPSA) is 101 Å². The fourth-order valence-corrected chi connectivity index (χ4v) is 2.91. The van der Waals surface area contributed by atoms with Gasteiger partial charge in [-0.25, -0.2) is 4.98 Å². The van der Waals surface area contributed by atoms with Crippen molar-refractivity contribution in [2.24, 2.45) is 0 Å². The zero-order valence-electron chi connectivity index (χ0n) is 14.1. The lowest BCUT2D eigenvalue weighted by Gasteiger charge is -2.13. The molecule has 1 aliphatic heterocycles. The van der Waals surface area contributed by atoms with E-state index < -0.39 is 0 Å². The average molecular weight is 340 g/mol. The SMILES string of the molecule is Cc1nc2c(N)nc3nc2n1Cc1ncccc1OCCCCCO3. The number of hydrogen-bond donors (Lipinski definition) is 1. The first-order valence-corrected chi connectivity index (χ1v) is 8.42. The molecule has 8 nitrogen and oxygen atoms in total. The van der Waals surface area contributed by atoms with Gasteiger partial charge in [-0.15, -0.1) is 0 Å². The lowest BCUT2D eigenvalue weighted by molar-refractivity contribution is 0.265. The summed E-state index contributed by atoms with van der Waals surface area (Å²) in [5.74, 6) is 1.91. The minimum absolute atomic E-state index is 0.292. The van der Waals surface area contributed by atoms with E-state index in [9.17, 15) is 0 Å². The predicted molar refractivity (Wildman–Crippen MR) is 92.7 cm³/mol. The second-order valence-corrected chi connectivity index (χ2v) is 6.01. The molecule has 2 N–H and O–H groups in total. The Balaban J connectivity index is 1.84. The molecule has 1 aliphatic rings. The third-order valence-corrected chi connectivity index (χ3v) is 4.23. The molecule has 4 rings (SSSR count). The Morgan fingerprint density at radius 1 is 1.08 bits per heavy atom. The second-order valence-electron chi connectivity index (χ2n) is 6.01. The summed E-state index contributed by atoms with van der Waals surface area (Å²) in [5.41, 5.74) is 8.12. The molecule has 2 bridgehead atoms. The number of imidazole rings is 1. The zero-order chi connectivity index (χ0) is 17.2. The molecule has 0 aromatic carbocycles. The van der Waals surface area contributed by atoms with E-state index in [4.69, 9.17) is 15.2 Å². The van der Waals surface area contributed by atoms with Crippen LogP contribution in [0.5, 0.6) is 11.8 Å².